The number of rotatable bonds is 8. The molecule has 1 aromatic carbocycles. The molecule has 0 spiro atoms. The number of allylic oxidation sites excluding steroid dienone is 1. The molecule has 3 rings (SSSR count). The molecule has 2 aliphatic carbocycles. The van der Waals surface area contributed by atoms with Crippen LogP contribution in [0.2, 0.25) is 0 Å². The van der Waals surface area contributed by atoms with Gasteiger partial charge in [0.2, 0.25) is 0 Å². The molecule has 28 heavy (non-hydrogen) atoms. The minimum atomic E-state index is -4.46. The summed E-state index contributed by atoms with van der Waals surface area (Å²) in [6.07, 6.45) is -4.26. The molecular weight excluding hydrogens is 379 g/mol. The largest absolute Gasteiger partial charge is 0.479 e. The monoisotopic (exact) mass is 401 g/mol. The van der Waals surface area contributed by atoms with Gasteiger partial charge in [-0.1, -0.05) is 12.1 Å². The van der Waals surface area contributed by atoms with E-state index in [0.717, 1.165) is 23.4 Å². The summed E-state index contributed by atoms with van der Waals surface area (Å²) in [5, 5.41) is 29.3. The zero-order valence-corrected chi connectivity index (χ0v) is 14.9. The zero-order chi connectivity index (χ0) is 20.5. The maximum Gasteiger partial charge on any atom is 0.416 e. The van der Waals surface area contributed by atoms with E-state index in [-0.39, 0.29) is 23.8 Å². The van der Waals surface area contributed by atoms with Crippen LogP contribution in [-0.4, -0.2) is 34.0 Å². The summed E-state index contributed by atoms with van der Waals surface area (Å²) in [6.45, 7) is -0.476. The zero-order valence-electron chi connectivity index (χ0n) is 14.9. The number of carboxylic acid groups (broad SMARTS) is 1. The molecule has 0 bridgehead atoms. The molecule has 0 radical (unpaired) electrons. The third kappa shape index (κ3) is 4.48. The number of aliphatic carboxylic acids is 1. The number of aliphatic hydroxyl groups excluding tert-OH is 2. The lowest BCUT2D eigenvalue weighted by molar-refractivity contribution is -0.144. The topological polar surface area (TPSA) is 99.0 Å². The molecule has 0 saturated heterocycles. The fourth-order valence-electron chi connectivity index (χ4n) is 3.93. The number of benzene rings is 1. The van der Waals surface area contributed by atoms with Crippen molar-refractivity contribution in [3.05, 3.63) is 46.7 Å². The van der Waals surface area contributed by atoms with Gasteiger partial charge in [0.1, 0.15) is 0 Å². The molecule has 4 unspecified atom stereocenters. The van der Waals surface area contributed by atoms with Gasteiger partial charge in [0.25, 0.3) is 0 Å². The van der Waals surface area contributed by atoms with Gasteiger partial charge in [-0.2, -0.15) is 13.2 Å². The minimum Gasteiger partial charge on any atom is -0.479 e. The number of halogens is 3. The SMILES string of the molecule is O=C(O)CONC1=C2CC(CCC(O)c3cccc(C(F)(F)F)c3)C(O)C2C1. The Morgan fingerprint density at radius 3 is 2.75 bits per heavy atom. The fraction of sp³-hybridized carbons (Fsp3) is 0.526. The van der Waals surface area contributed by atoms with Crippen molar-refractivity contribution in [3.8, 4) is 0 Å². The minimum absolute atomic E-state index is 0.0216. The van der Waals surface area contributed by atoms with Gasteiger partial charge in [0, 0.05) is 11.6 Å². The normalized spacial score (nSPS) is 25.2. The Balaban J connectivity index is 1.54. The number of carbonyl (C=O) groups is 1. The summed E-state index contributed by atoms with van der Waals surface area (Å²) >= 11 is 0. The Morgan fingerprint density at radius 1 is 1.32 bits per heavy atom. The average molecular weight is 401 g/mol. The van der Waals surface area contributed by atoms with E-state index in [1.54, 1.807) is 0 Å². The van der Waals surface area contributed by atoms with Crippen molar-refractivity contribution in [2.45, 2.75) is 44.1 Å². The van der Waals surface area contributed by atoms with Gasteiger partial charge in [-0.25, -0.2) is 4.79 Å². The fourth-order valence-corrected chi connectivity index (χ4v) is 3.93. The first kappa shape index (κ1) is 20.6. The molecule has 0 amide bonds. The second-order valence-electron chi connectivity index (χ2n) is 7.27. The Bertz CT molecular complexity index is 764. The maximum atomic E-state index is 12.8. The lowest BCUT2D eigenvalue weighted by atomic mass is 9.83. The third-order valence-corrected chi connectivity index (χ3v) is 5.44. The lowest BCUT2D eigenvalue weighted by Gasteiger charge is -2.30. The van der Waals surface area contributed by atoms with Gasteiger partial charge in [0.05, 0.1) is 17.8 Å². The van der Waals surface area contributed by atoms with Crippen LogP contribution in [0.1, 0.15) is 42.9 Å². The highest BCUT2D eigenvalue weighted by Gasteiger charge is 2.45. The van der Waals surface area contributed by atoms with Gasteiger partial charge < -0.3 is 15.3 Å². The molecule has 1 fully saturated rings. The smallest absolute Gasteiger partial charge is 0.416 e. The van der Waals surface area contributed by atoms with Crippen molar-refractivity contribution in [2.75, 3.05) is 6.61 Å². The second kappa shape index (κ2) is 8.10. The molecule has 1 aromatic rings. The van der Waals surface area contributed by atoms with Crippen LogP contribution in [0.15, 0.2) is 35.5 Å². The van der Waals surface area contributed by atoms with Crippen molar-refractivity contribution in [2.24, 2.45) is 11.8 Å². The summed E-state index contributed by atoms with van der Waals surface area (Å²) in [5.74, 6) is -1.23. The van der Waals surface area contributed by atoms with Gasteiger partial charge in [-0.3, -0.25) is 10.3 Å². The van der Waals surface area contributed by atoms with E-state index in [1.807, 2.05) is 0 Å². The molecule has 0 aliphatic heterocycles. The highest BCUT2D eigenvalue weighted by atomic mass is 19.4. The predicted molar refractivity (Wildman–Crippen MR) is 91.6 cm³/mol. The molecule has 9 heteroatoms. The van der Waals surface area contributed by atoms with E-state index in [0.29, 0.717) is 19.3 Å². The number of fused-ring (bicyclic) bond motifs is 1. The summed E-state index contributed by atoms with van der Waals surface area (Å²) in [6, 6.07) is 4.64. The van der Waals surface area contributed by atoms with Gasteiger partial charge in [0.15, 0.2) is 6.61 Å². The van der Waals surface area contributed by atoms with E-state index in [1.165, 1.54) is 12.1 Å². The van der Waals surface area contributed by atoms with Crippen LogP contribution in [-0.2, 0) is 15.8 Å². The van der Waals surface area contributed by atoms with E-state index < -0.39 is 36.5 Å². The Kier molecular flexibility index (Phi) is 5.97. The number of hydrogen-bond donors (Lipinski definition) is 4. The Labute approximate surface area is 159 Å². The first-order valence-electron chi connectivity index (χ1n) is 9.01. The van der Waals surface area contributed by atoms with E-state index in [9.17, 15) is 28.2 Å². The van der Waals surface area contributed by atoms with E-state index in [2.05, 4.69) is 5.48 Å². The van der Waals surface area contributed by atoms with E-state index in [4.69, 9.17) is 9.94 Å². The number of hydrogen-bond acceptors (Lipinski definition) is 5. The van der Waals surface area contributed by atoms with Crippen LogP contribution in [0.5, 0.6) is 0 Å². The molecule has 1 saturated carbocycles. The van der Waals surface area contributed by atoms with Crippen LogP contribution in [0.4, 0.5) is 13.2 Å². The van der Waals surface area contributed by atoms with Crippen molar-refractivity contribution >= 4 is 5.97 Å². The van der Waals surface area contributed by atoms with Crippen LogP contribution < -0.4 is 5.48 Å². The van der Waals surface area contributed by atoms with Crippen molar-refractivity contribution < 1.29 is 38.1 Å². The molecule has 154 valence electrons. The van der Waals surface area contributed by atoms with Crippen molar-refractivity contribution in [3.63, 3.8) is 0 Å². The molecule has 4 N–H and O–H groups in total. The predicted octanol–water partition coefficient (Wildman–Crippen LogP) is 2.78. The number of carboxylic acids is 1. The van der Waals surface area contributed by atoms with Crippen LogP contribution >= 0.6 is 0 Å². The van der Waals surface area contributed by atoms with Gasteiger partial charge in [-0.15, -0.1) is 0 Å². The lowest BCUT2D eigenvalue weighted by Crippen LogP contribution is -2.32. The van der Waals surface area contributed by atoms with Gasteiger partial charge in [-0.05, 0) is 54.9 Å². The molecule has 0 heterocycles. The molecule has 2 aliphatic rings. The molecule has 6 nitrogen and oxygen atoms in total. The van der Waals surface area contributed by atoms with Crippen molar-refractivity contribution in [1.82, 2.24) is 5.48 Å². The Morgan fingerprint density at radius 2 is 2.07 bits per heavy atom. The van der Waals surface area contributed by atoms with Crippen molar-refractivity contribution in [1.29, 1.82) is 0 Å². The summed E-state index contributed by atoms with van der Waals surface area (Å²) < 4.78 is 38.4. The number of aliphatic hydroxyl groups is 2. The average Bonchev–Trinajstić information content (AvgIpc) is 2.86. The maximum absolute atomic E-state index is 12.8. The Hall–Kier alpha value is -2.10. The highest BCUT2D eigenvalue weighted by Crippen LogP contribution is 2.50. The van der Waals surface area contributed by atoms with Gasteiger partial charge >= 0.3 is 12.1 Å². The quantitative estimate of drug-likeness (QED) is 0.500. The van der Waals surface area contributed by atoms with E-state index >= 15 is 0 Å². The number of alkyl halides is 3. The summed E-state index contributed by atoms with van der Waals surface area (Å²) in [5.41, 5.74) is 3.76. The molecule has 4 atom stereocenters. The first-order chi connectivity index (χ1) is 13.2. The summed E-state index contributed by atoms with van der Waals surface area (Å²) in [7, 11) is 0. The standard InChI is InChI=1S/C19H22F3NO5/c20-19(21,22)12-3-1-2-10(6-12)16(24)5-4-11-7-13-14(18(11)27)8-15(13)23-28-9-17(25)26/h1-3,6,11,14,16,18,23-24,27H,4-5,7-9H2,(H,25,26). The first-order valence-corrected chi connectivity index (χ1v) is 9.01. The second-order valence-corrected chi connectivity index (χ2v) is 7.27. The molecular formula is C19H22F3NO5. The summed E-state index contributed by atoms with van der Waals surface area (Å²) in [4.78, 5) is 15.3. The number of hydroxylamine groups is 1. The third-order valence-electron chi connectivity index (χ3n) is 5.44. The van der Waals surface area contributed by atoms with Crippen LogP contribution in [0, 0.1) is 11.8 Å². The molecule has 0 aromatic heterocycles. The van der Waals surface area contributed by atoms with Crippen LogP contribution in [0.3, 0.4) is 0 Å². The number of nitrogens with one attached hydrogen (secondary N) is 1. The van der Waals surface area contributed by atoms with Crippen LogP contribution in [0.25, 0.3) is 0 Å². The highest BCUT2D eigenvalue weighted by molar-refractivity contribution is 5.67.